The van der Waals surface area contributed by atoms with E-state index in [0.29, 0.717) is 5.82 Å². The van der Waals surface area contributed by atoms with Crippen molar-refractivity contribution < 1.29 is 16.8 Å². The molecule has 1 aromatic heterocycles. The van der Waals surface area contributed by atoms with Gasteiger partial charge in [0, 0.05) is 13.3 Å². The number of hydrogen-bond acceptors (Lipinski definition) is 5. The van der Waals surface area contributed by atoms with Crippen molar-refractivity contribution in [3.8, 4) is 0 Å². The monoisotopic (exact) mass is 421 g/mol. The quantitative estimate of drug-likeness (QED) is 0.600. The number of nitrogens with one attached hydrogen (secondary N) is 1. The lowest BCUT2D eigenvalue weighted by Crippen LogP contribution is -2.33. The molecule has 0 radical (unpaired) electrons. The SMILES string of the molecule is Cn1c(C(NS(=O)(=O)CCCS(C)(=O)=O)c2ccccc2)nc2ccccc21. The lowest BCUT2D eigenvalue weighted by Gasteiger charge is -2.19. The molecule has 0 bridgehead atoms. The van der Waals surface area contributed by atoms with Crippen molar-refractivity contribution in [2.45, 2.75) is 12.5 Å². The van der Waals surface area contributed by atoms with Gasteiger partial charge in [-0.1, -0.05) is 42.5 Å². The third kappa shape index (κ3) is 4.98. The number of aryl methyl sites for hydroxylation is 1. The fourth-order valence-corrected chi connectivity index (χ4v) is 5.18. The minimum atomic E-state index is -3.72. The summed E-state index contributed by atoms with van der Waals surface area (Å²) in [4.78, 5) is 4.63. The number of benzene rings is 2. The number of sulfone groups is 1. The van der Waals surface area contributed by atoms with Crippen LogP contribution in [0.5, 0.6) is 0 Å². The van der Waals surface area contributed by atoms with Crippen molar-refractivity contribution in [3.63, 3.8) is 0 Å². The molecule has 0 amide bonds. The maximum absolute atomic E-state index is 12.7. The summed E-state index contributed by atoms with van der Waals surface area (Å²) in [5.74, 6) is 0.128. The van der Waals surface area contributed by atoms with E-state index in [-0.39, 0.29) is 17.9 Å². The summed E-state index contributed by atoms with van der Waals surface area (Å²) in [5.41, 5.74) is 2.43. The summed E-state index contributed by atoms with van der Waals surface area (Å²) in [7, 11) is -5.09. The van der Waals surface area contributed by atoms with Crippen molar-refractivity contribution >= 4 is 30.9 Å². The fraction of sp³-hybridized carbons (Fsp3) is 0.316. The topological polar surface area (TPSA) is 98.1 Å². The molecule has 0 aliphatic heterocycles. The molecule has 0 spiro atoms. The zero-order valence-electron chi connectivity index (χ0n) is 15.7. The predicted octanol–water partition coefficient (Wildman–Crippen LogP) is 2.02. The van der Waals surface area contributed by atoms with Crippen LogP contribution >= 0.6 is 0 Å². The van der Waals surface area contributed by atoms with E-state index in [1.807, 2.05) is 66.2 Å². The van der Waals surface area contributed by atoms with Crippen molar-refractivity contribution in [2.75, 3.05) is 17.8 Å². The van der Waals surface area contributed by atoms with E-state index < -0.39 is 25.9 Å². The van der Waals surface area contributed by atoms with Crippen LogP contribution < -0.4 is 4.72 Å². The zero-order chi connectivity index (χ0) is 20.4. The van der Waals surface area contributed by atoms with Crippen LogP contribution in [0.2, 0.25) is 0 Å². The molecule has 1 N–H and O–H groups in total. The Labute approximate surface area is 165 Å². The molecule has 9 heteroatoms. The molecule has 3 rings (SSSR count). The summed E-state index contributed by atoms with van der Waals surface area (Å²) in [6.07, 6.45) is 1.14. The van der Waals surface area contributed by atoms with Crippen LogP contribution in [0.15, 0.2) is 54.6 Å². The van der Waals surface area contributed by atoms with E-state index in [1.54, 1.807) is 0 Å². The first kappa shape index (κ1) is 20.5. The number of imidazole rings is 1. The third-order valence-electron chi connectivity index (χ3n) is 4.44. The lowest BCUT2D eigenvalue weighted by molar-refractivity contribution is 0.562. The van der Waals surface area contributed by atoms with Gasteiger partial charge in [-0.15, -0.1) is 0 Å². The molecule has 0 saturated carbocycles. The first-order valence-corrected chi connectivity index (χ1v) is 12.5. The van der Waals surface area contributed by atoms with Crippen LogP contribution in [0.4, 0.5) is 0 Å². The van der Waals surface area contributed by atoms with Gasteiger partial charge in [0.2, 0.25) is 10.0 Å². The molecule has 1 atom stereocenters. The molecule has 0 aliphatic rings. The number of para-hydroxylation sites is 2. The van der Waals surface area contributed by atoms with Crippen LogP contribution in [0.1, 0.15) is 23.9 Å². The number of nitrogens with zero attached hydrogens (tertiary/aromatic N) is 2. The van der Waals surface area contributed by atoms with Crippen LogP contribution in [0, 0.1) is 0 Å². The number of rotatable bonds is 8. The summed E-state index contributed by atoms with van der Waals surface area (Å²) in [6.45, 7) is 0. The molecule has 0 saturated heterocycles. The highest BCUT2D eigenvalue weighted by molar-refractivity contribution is 7.91. The second-order valence-corrected chi connectivity index (χ2v) is 10.9. The minimum absolute atomic E-state index is 0.0399. The van der Waals surface area contributed by atoms with Gasteiger partial charge >= 0.3 is 0 Å². The third-order valence-corrected chi connectivity index (χ3v) is 6.89. The Bertz CT molecular complexity index is 1170. The normalized spacial score (nSPS) is 13.6. The largest absolute Gasteiger partial charge is 0.329 e. The highest BCUT2D eigenvalue weighted by atomic mass is 32.2. The highest BCUT2D eigenvalue weighted by Crippen LogP contribution is 2.25. The van der Waals surface area contributed by atoms with Crippen LogP contribution in [0.3, 0.4) is 0 Å². The number of aromatic nitrogens is 2. The van der Waals surface area contributed by atoms with Gasteiger partial charge in [0.25, 0.3) is 0 Å². The van der Waals surface area contributed by atoms with Crippen molar-refractivity contribution in [1.82, 2.24) is 14.3 Å². The van der Waals surface area contributed by atoms with Crippen molar-refractivity contribution in [1.29, 1.82) is 0 Å². The van der Waals surface area contributed by atoms with E-state index in [0.717, 1.165) is 22.9 Å². The van der Waals surface area contributed by atoms with Gasteiger partial charge < -0.3 is 4.57 Å². The summed E-state index contributed by atoms with van der Waals surface area (Å²) in [6, 6.07) is 16.1. The molecule has 150 valence electrons. The van der Waals surface area contributed by atoms with E-state index in [2.05, 4.69) is 9.71 Å². The zero-order valence-corrected chi connectivity index (χ0v) is 17.4. The summed E-state index contributed by atoms with van der Waals surface area (Å²) >= 11 is 0. The Morgan fingerprint density at radius 2 is 1.61 bits per heavy atom. The van der Waals surface area contributed by atoms with E-state index in [1.165, 1.54) is 0 Å². The molecule has 3 aromatic rings. The van der Waals surface area contributed by atoms with E-state index >= 15 is 0 Å². The molecule has 0 fully saturated rings. The molecule has 0 aliphatic carbocycles. The highest BCUT2D eigenvalue weighted by Gasteiger charge is 2.25. The van der Waals surface area contributed by atoms with Crippen LogP contribution in [-0.4, -0.2) is 44.1 Å². The standard InChI is InChI=1S/C19H23N3O4S2/c1-22-17-12-7-6-11-16(17)20-19(22)18(15-9-4-3-5-10-15)21-28(25,26)14-8-13-27(2,23)24/h3-7,9-12,18,21H,8,13-14H2,1-2H3. The Morgan fingerprint density at radius 1 is 0.964 bits per heavy atom. The number of hydrogen-bond donors (Lipinski definition) is 1. The van der Waals surface area contributed by atoms with E-state index in [4.69, 9.17) is 0 Å². The molecule has 1 unspecified atom stereocenters. The second kappa shape index (κ2) is 8.02. The molecule has 2 aromatic carbocycles. The molecular weight excluding hydrogens is 398 g/mol. The van der Waals surface area contributed by atoms with Gasteiger partial charge in [-0.05, 0) is 24.1 Å². The maximum Gasteiger partial charge on any atom is 0.212 e. The second-order valence-electron chi connectivity index (χ2n) is 6.78. The summed E-state index contributed by atoms with van der Waals surface area (Å²) < 4.78 is 52.5. The van der Waals surface area contributed by atoms with Gasteiger partial charge in [0.1, 0.15) is 21.7 Å². The molecule has 7 nitrogen and oxygen atoms in total. The average molecular weight is 422 g/mol. The molecule has 28 heavy (non-hydrogen) atoms. The van der Waals surface area contributed by atoms with Gasteiger partial charge in [-0.2, -0.15) is 0 Å². The summed E-state index contributed by atoms with van der Waals surface area (Å²) in [5, 5.41) is 0. The Morgan fingerprint density at radius 3 is 2.25 bits per heavy atom. The first-order chi connectivity index (χ1) is 13.2. The minimum Gasteiger partial charge on any atom is -0.329 e. The van der Waals surface area contributed by atoms with Crippen molar-refractivity contribution in [3.05, 3.63) is 66.0 Å². The van der Waals surface area contributed by atoms with Crippen LogP contribution in [0.25, 0.3) is 11.0 Å². The Kier molecular flexibility index (Phi) is 5.87. The number of sulfonamides is 1. The van der Waals surface area contributed by atoms with Crippen molar-refractivity contribution in [2.24, 2.45) is 7.05 Å². The molecule has 1 heterocycles. The van der Waals surface area contributed by atoms with Gasteiger partial charge in [-0.25, -0.2) is 26.5 Å². The maximum atomic E-state index is 12.7. The average Bonchev–Trinajstić information content (AvgIpc) is 2.96. The molecular formula is C19H23N3O4S2. The van der Waals surface area contributed by atoms with Gasteiger partial charge in [-0.3, -0.25) is 0 Å². The lowest BCUT2D eigenvalue weighted by atomic mass is 10.1. The fourth-order valence-electron chi connectivity index (χ4n) is 3.09. The van der Waals surface area contributed by atoms with Crippen LogP contribution in [-0.2, 0) is 26.9 Å². The predicted molar refractivity (Wildman–Crippen MR) is 110 cm³/mol. The smallest absolute Gasteiger partial charge is 0.212 e. The van der Waals surface area contributed by atoms with Gasteiger partial charge in [0.05, 0.1) is 22.5 Å². The Balaban J connectivity index is 1.95. The van der Waals surface area contributed by atoms with E-state index in [9.17, 15) is 16.8 Å². The Hall–Kier alpha value is -2.23. The van der Waals surface area contributed by atoms with Gasteiger partial charge in [0.15, 0.2) is 0 Å². The number of fused-ring (bicyclic) bond motifs is 1. The first-order valence-electron chi connectivity index (χ1n) is 8.80.